The van der Waals surface area contributed by atoms with E-state index in [1.807, 2.05) is 0 Å². The lowest BCUT2D eigenvalue weighted by atomic mass is 9.95. The number of carbonyl (C=O) groups is 1. The van der Waals surface area contributed by atoms with Crippen LogP contribution in [0.15, 0.2) is 0 Å². The van der Waals surface area contributed by atoms with Crippen molar-refractivity contribution in [1.29, 1.82) is 0 Å². The molecule has 88 valence electrons. The largest absolute Gasteiger partial charge is 0.368 e. The summed E-state index contributed by atoms with van der Waals surface area (Å²) in [5.74, 6) is 1.16. The van der Waals surface area contributed by atoms with Crippen molar-refractivity contribution < 1.29 is 4.79 Å². The predicted molar refractivity (Wildman–Crippen MR) is 61.2 cm³/mol. The molecule has 0 aromatic heterocycles. The molecule has 0 aliphatic carbocycles. The van der Waals surface area contributed by atoms with E-state index in [-0.39, 0.29) is 0 Å². The number of hydrogen-bond donors (Lipinski definition) is 2. The Kier molecular flexibility index (Phi) is 4.54. The molecule has 0 spiro atoms. The standard InChI is InChI=1S/C11H23N3O/c1-8(2)9-3-5-14(7-9)6-4-10(12)11(13)15/h8-10H,3-7,12H2,1-2H3,(H2,13,15). The highest BCUT2D eigenvalue weighted by atomic mass is 16.1. The molecule has 1 amide bonds. The zero-order valence-electron chi connectivity index (χ0n) is 9.78. The maximum atomic E-state index is 10.8. The van der Waals surface area contributed by atoms with Gasteiger partial charge in [-0.25, -0.2) is 0 Å². The van der Waals surface area contributed by atoms with Crippen molar-refractivity contribution in [3.8, 4) is 0 Å². The van der Waals surface area contributed by atoms with Crippen LogP contribution in [0.4, 0.5) is 0 Å². The molecular weight excluding hydrogens is 190 g/mol. The second kappa shape index (κ2) is 5.47. The quantitative estimate of drug-likeness (QED) is 0.683. The Labute approximate surface area is 92.0 Å². The monoisotopic (exact) mass is 213 g/mol. The van der Waals surface area contributed by atoms with Gasteiger partial charge in [0.15, 0.2) is 0 Å². The molecule has 0 bridgehead atoms. The normalized spacial score (nSPS) is 24.7. The maximum absolute atomic E-state index is 10.8. The SMILES string of the molecule is CC(C)C1CCN(CCC(N)C(N)=O)C1. The van der Waals surface area contributed by atoms with E-state index in [2.05, 4.69) is 18.7 Å². The first kappa shape index (κ1) is 12.5. The van der Waals surface area contributed by atoms with Crippen LogP contribution < -0.4 is 11.5 Å². The van der Waals surface area contributed by atoms with Gasteiger partial charge in [0, 0.05) is 13.1 Å². The van der Waals surface area contributed by atoms with Gasteiger partial charge in [-0.2, -0.15) is 0 Å². The van der Waals surface area contributed by atoms with Crippen molar-refractivity contribution in [3.63, 3.8) is 0 Å². The van der Waals surface area contributed by atoms with Gasteiger partial charge in [-0.05, 0) is 31.2 Å². The number of nitrogens with two attached hydrogens (primary N) is 2. The number of hydrogen-bond acceptors (Lipinski definition) is 3. The molecule has 0 radical (unpaired) electrons. The minimum absolute atomic E-state index is 0.394. The molecule has 1 aliphatic rings. The lowest BCUT2D eigenvalue weighted by Gasteiger charge is -2.18. The number of nitrogens with zero attached hydrogens (tertiary/aromatic N) is 1. The first-order valence-corrected chi connectivity index (χ1v) is 5.78. The van der Waals surface area contributed by atoms with E-state index in [1.165, 1.54) is 6.42 Å². The van der Waals surface area contributed by atoms with Gasteiger partial charge < -0.3 is 16.4 Å². The zero-order chi connectivity index (χ0) is 11.4. The highest BCUT2D eigenvalue weighted by Crippen LogP contribution is 2.23. The molecule has 1 saturated heterocycles. The number of amides is 1. The zero-order valence-corrected chi connectivity index (χ0v) is 9.78. The molecule has 0 saturated carbocycles. The van der Waals surface area contributed by atoms with Crippen LogP contribution in [0.1, 0.15) is 26.7 Å². The number of primary amides is 1. The molecule has 1 aliphatic heterocycles. The summed E-state index contributed by atoms with van der Waals surface area (Å²) in [7, 11) is 0. The summed E-state index contributed by atoms with van der Waals surface area (Å²) in [5.41, 5.74) is 10.7. The van der Waals surface area contributed by atoms with E-state index < -0.39 is 11.9 Å². The van der Waals surface area contributed by atoms with E-state index in [0.717, 1.165) is 31.5 Å². The topological polar surface area (TPSA) is 72.3 Å². The molecule has 1 rings (SSSR count). The lowest BCUT2D eigenvalue weighted by Crippen LogP contribution is -2.39. The molecule has 1 heterocycles. The number of carbonyl (C=O) groups excluding carboxylic acids is 1. The Morgan fingerprint density at radius 1 is 1.53 bits per heavy atom. The van der Waals surface area contributed by atoms with Crippen LogP contribution in [0.5, 0.6) is 0 Å². The van der Waals surface area contributed by atoms with E-state index in [1.54, 1.807) is 0 Å². The highest BCUT2D eigenvalue weighted by Gasteiger charge is 2.25. The molecular formula is C11H23N3O. The first-order chi connectivity index (χ1) is 7.00. The summed E-state index contributed by atoms with van der Waals surface area (Å²) < 4.78 is 0. The predicted octanol–water partition coefficient (Wildman–Crippen LogP) is 0.167. The van der Waals surface area contributed by atoms with E-state index in [4.69, 9.17) is 11.5 Å². The third-order valence-electron chi connectivity index (χ3n) is 3.37. The second-order valence-electron chi connectivity index (χ2n) is 4.89. The Balaban J connectivity index is 2.22. The van der Waals surface area contributed by atoms with Crippen molar-refractivity contribution in [2.45, 2.75) is 32.7 Å². The summed E-state index contributed by atoms with van der Waals surface area (Å²) in [6.07, 6.45) is 1.95. The molecule has 2 unspecified atom stereocenters. The van der Waals surface area contributed by atoms with Crippen LogP contribution in [0, 0.1) is 11.8 Å². The lowest BCUT2D eigenvalue weighted by molar-refractivity contribution is -0.119. The van der Waals surface area contributed by atoms with E-state index in [0.29, 0.717) is 6.42 Å². The summed E-state index contributed by atoms with van der Waals surface area (Å²) in [4.78, 5) is 13.1. The number of rotatable bonds is 5. The first-order valence-electron chi connectivity index (χ1n) is 5.78. The molecule has 4 nitrogen and oxygen atoms in total. The van der Waals surface area contributed by atoms with Gasteiger partial charge in [0.1, 0.15) is 0 Å². The number of likely N-dealkylation sites (tertiary alicyclic amines) is 1. The molecule has 15 heavy (non-hydrogen) atoms. The third-order valence-corrected chi connectivity index (χ3v) is 3.37. The van der Waals surface area contributed by atoms with Gasteiger partial charge in [-0.15, -0.1) is 0 Å². The van der Waals surface area contributed by atoms with Crippen molar-refractivity contribution in [1.82, 2.24) is 4.90 Å². The van der Waals surface area contributed by atoms with Gasteiger partial charge in [0.2, 0.25) is 5.91 Å². The van der Waals surface area contributed by atoms with Crippen LogP contribution in [0.25, 0.3) is 0 Å². The van der Waals surface area contributed by atoms with Gasteiger partial charge in [0.25, 0.3) is 0 Å². The van der Waals surface area contributed by atoms with Crippen molar-refractivity contribution >= 4 is 5.91 Å². The third kappa shape index (κ3) is 3.80. The van der Waals surface area contributed by atoms with Crippen LogP contribution >= 0.6 is 0 Å². The molecule has 2 atom stereocenters. The summed E-state index contributed by atoms with van der Waals surface area (Å²) in [6, 6.07) is -0.483. The van der Waals surface area contributed by atoms with Crippen LogP contribution in [0.3, 0.4) is 0 Å². The fourth-order valence-electron chi connectivity index (χ4n) is 2.07. The Hall–Kier alpha value is -0.610. The van der Waals surface area contributed by atoms with Gasteiger partial charge in [-0.3, -0.25) is 4.79 Å². The van der Waals surface area contributed by atoms with Crippen LogP contribution in [0.2, 0.25) is 0 Å². The van der Waals surface area contributed by atoms with E-state index in [9.17, 15) is 4.79 Å². The van der Waals surface area contributed by atoms with Gasteiger partial charge in [0.05, 0.1) is 6.04 Å². The summed E-state index contributed by atoms with van der Waals surface area (Å²) in [5, 5.41) is 0. The fourth-order valence-corrected chi connectivity index (χ4v) is 2.07. The molecule has 0 aromatic rings. The molecule has 0 aromatic carbocycles. The molecule has 1 fully saturated rings. The van der Waals surface area contributed by atoms with Crippen molar-refractivity contribution in [2.75, 3.05) is 19.6 Å². The summed E-state index contributed by atoms with van der Waals surface area (Å²) in [6.45, 7) is 7.71. The smallest absolute Gasteiger partial charge is 0.234 e. The minimum Gasteiger partial charge on any atom is -0.368 e. The molecule has 4 heteroatoms. The Morgan fingerprint density at radius 3 is 2.67 bits per heavy atom. The van der Waals surface area contributed by atoms with Crippen LogP contribution in [-0.2, 0) is 4.79 Å². The average molecular weight is 213 g/mol. The maximum Gasteiger partial charge on any atom is 0.234 e. The van der Waals surface area contributed by atoms with Gasteiger partial charge in [-0.1, -0.05) is 13.8 Å². The van der Waals surface area contributed by atoms with Crippen molar-refractivity contribution in [3.05, 3.63) is 0 Å². The summed E-state index contributed by atoms with van der Waals surface area (Å²) >= 11 is 0. The molecule has 4 N–H and O–H groups in total. The second-order valence-corrected chi connectivity index (χ2v) is 4.89. The van der Waals surface area contributed by atoms with Crippen LogP contribution in [-0.4, -0.2) is 36.5 Å². The highest BCUT2D eigenvalue weighted by molar-refractivity contribution is 5.79. The Morgan fingerprint density at radius 2 is 2.20 bits per heavy atom. The average Bonchev–Trinajstić information content (AvgIpc) is 2.62. The minimum atomic E-state index is -0.483. The van der Waals surface area contributed by atoms with E-state index >= 15 is 0 Å². The Bertz CT molecular complexity index is 218. The van der Waals surface area contributed by atoms with Crippen molar-refractivity contribution in [2.24, 2.45) is 23.3 Å². The fraction of sp³-hybridized carbons (Fsp3) is 0.909. The van der Waals surface area contributed by atoms with Gasteiger partial charge >= 0.3 is 0 Å².